The molecule has 0 aliphatic heterocycles. The van der Waals surface area contributed by atoms with Crippen LogP contribution < -0.4 is 10.6 Å². The summed E-state index contributed by atoms with van der Waals surface area (Å²) in [6.45, 7) is 7.37. The molecule has 0 aliphatic carbocycles. The molecule has 0 spiro atoms. The molecular formula is C16H20N4O2S3. The van der Waals surface area contributed by atoms with Gasteiger partial charge in [0.1, 0.15) is 0 Å². The number of aromatic nitrogens is 2. The number of rotatable bonds is 5. The second-order valence-corrected chi connectivity index (χ2v) is 8.92. The highest BCUT2D eigenvalue weighted by atomic mass is 32.2. The molecule has 25 heavy (non-hydrogen) atoms. The van der Waals surface area contributed by atoms with Crippen LogP contribution in [-0.2, 0) is 4.79 Å². The zero-order valence-corrected chi connectivity index (χ0v) is 16.8. The van der Waals surface area contributed by atoms with Gasteiger partial charge in [-0.3, -0.25) is 10.1 Å². The Morgan fingerprint density at radius 1 is 1.28 bits per heavy atom. The minimum absolute atomic E-state index is 0.0365. The molecule has 0 saturated heterocycles. The standard InChI is InChI=1S/C16H20N4O2S3/c1-9(2)17-14(22)18-13(21)11(4)24-15-19-20(16(23)25-15)12-8-6-5-7-10(12)3/h5-9,11H,1-4H3,(H2,17,18,21,22)/t11-/m1/s1. The van der Waals surface area contributed by atoms with Gasteiger partial charge in [-0.1, -0.05) is 41.3 Å². The summed E-state index contributed by atoms with van der Waals surface area (Å²) in [5.41, 5.74) is 1.99. The summed E-state index contributed by atoms with van der Waals surface area (Å²) in [7, 11) is 0. The largest absolute Gasteiger partial charge is 0.336 e. The number of para-hydroxylation sites is 1. The van der Waals surface area contributed by atoms with E-state index in [0.29, 0.717) is 8.29 Å². The van der Waals surface area contributed by atoms with Gasteiger partial charge in [-0.05, 0) is 51.5 Å². The molecule has 0 unspecified atom stereocenters. The third-order valence-corrected chi connectivity index (χ3v) is 5.59. The van der Waals surface area contributed by atoms with Crippen LogP contribution in [-0.4, -0.2) is 33.0 Å². The van der Waals surface area contributed by atoms with Gasteiger partial charge in [0.15, 0.2) is 8.29 Å². The van der Waals surface area contributed by atoms with Crippen molar-refractivity contribution >= 4 is 47.3 Å². The molecule has 3 amide bonds. The Bertz CT molecular complexity index is 829. The first-order valence-electron chi connectivity index (χ1n) is 7.72. The van der Waals surface area contributed by atoms with Gasteiger partial charge < -0.3 is 5.32 Å². The summed E-state index contributed by atoms with van der Waals surface area (Å²) >= 11 is 8.01. The second-order valence-electron chi connectivity index (χ2n) is 5.71. The molecule has 9 heteroatoms. The Hall–Kier alpha value is -1.71. The van der Waals surface area contributed by atoms with Crippen LogP contribution in [0.25, 0.3) is 5.69 Å². The van der Waals surface area contributed by atoms with Crippen LogP contribution >= 0.6 is 35.3 Å². The molecule has 6 nitrogen and oxygen atoms in total. The number of imide groups is 1. The van der Waals surface area contributed by atoms with Crippen LogP contribution in [0.2, 0.25) is 0 Å². The number of benzene rings is 1. The lowest BCUT2D eigenvalue weighted by molar-refractivity contribution is -0.119. The minimum atomic E-state index is -0.495. The van der Waals surface area contributed by atoms with Crippen molar-refractivity contribution in [2.75, 3.05) is 0 Å². The van der Waals surface area contributed by atoms with Crippen LogP contribution in [0, 0.1) is 10.9 Å². The van der Waals surface area contributed by atoms with E-state index in [1.165, 1.54) is 23.1 Å². The first-order chi connectivity index (χ1) is 11.8. The van der Waals surface area contributed by atoms with Crippen molar-refractivity contribution in [3.8, 4) is 5.69 Å². The zero-order valence-electron chi connectivity index (χ0n) is 14.4. The summed E-state index contributed by atoms with van der Waals surface area (Å²) in [5, 5.41) is 8.98. The van der Waals surface area contributed by atoms with Crippen LogP contribution in [0.15, 0.2) is 28.6 Å². The third kappa shape index (κ3) is 5.38. The molecular weight excluding hydrogens is 376 g/mol. The van der Waals surface area contributed by atoms with Gasteiger partial charge in [-0.15, -0.1) is 5.10 Å². The molecule has 0 bridgehead atoms. The first kappa shape index (κ1) is 19.6. The van der Waals surface area contributed by atoms with Crippen molar-refractivity contribution in [2.24, 2.45) is 0 Å². The lowest BCUT2D eigenvalue weighted by Gasteiger charge is -2.12. The van der Waals surface area contributed by atoms with Gasteiger partial charge in [0.25, 0.3) is 0 Å². The van der Waals surface area contributed by atoms with E-state index in [4.69, 9.17) is 12.2 Å². The molecule has 2 aromatic rings. The quantitative estimate of drug-likeness (QED) is 0.595. The Labute approximate surface area is 160 Å². The normalized spacial score (nSPS) is 12.0. The highest BCUT2D eigenvalue weighted by Gasteiger charge is 2.20. The lowest BCUT2D eigenvalue weighted by Crippen LogP contribution is -2.45. The molecule has 2 N–H and O–H groups in total. The molecule has 0 aliphatic rings. The van der Waals surface area contributed by atoms with Gasteiger partial charge in [0.05, 0.1) is 10.9 Å². The van der Waals surface area contributed by atoms with Crippen LogP contribution in [0.1, 0.15) is 26.3 Å². The number of carbonyl (C=O) groups excluding carboxylic acids is 2. The van der Waals surface area contributed by atoms with Crippen LogP contribution in [0.5, 0.6) is 0 Å². The minimum Gasteiger partial charge on any atom is -0.336 e. The van der Waals surface area contributed by atoms with Gasteiger partial charge in [-0.25, -0.2) is 9.48 Å². The highest BCUT2D eigenvalue weighted by Crippen LogP contribution is 2.28. The van der Waals surface area contributed by atoms with Crippen LogP contribution in [0.3, 0.4) is 0 Å². The number of amides is 3. The van der Waals surface area contributed by atoms with E-state index in [1.807, 2.05) is 45.0 Å². The van der Waals surface area contributed by atoms with E-state index in [1.54, 1.807) is 11.6 Å². The molecule has 0 radical (unpaired) electrons. The van der Waals surface area contributed by atoms with E-state index in [9.17, 15) is 9.59 Å². The number of nitrogens with one attached hydrogen (secondary N) is 2. The summed E-state index contributed by atoms with van der Waals surface area (Å²) in [4.78, 5) is 23.7. The van der Waals surface area contributed by atoms with Crippen LogP contribution in [0.4, 0.5) is 4.79 Å². The Kier molecular flexibility index (Phi) is 6.74. The number of nitrogens with zero attached hydrogens (tertiary/aromatic N) is 2. The number of urea groups is 1. The SMILES string of the molecule is Cc1ccccc1-n1nc(S[C@H](C)C(=O)NC(=O)NC(C)C)sc1=S. The van der Waals surface area contributed by atoms with Crippen molar-refractivity contribution < 1.29 is 9.59 Å². The molecule has 0 saturated carbocycles. The van der Waals surface area contributed by atoms with Crippen molar-refractivity contribution in [3.05, 3.63) is 33.8 Å². The fourth-order valence-corrected chi connectivity index (χ4v) is 4.47. The third-order valence-electron chi connectivity index (χ3n) is 3.18. The monoisotopic (exact) mass is 396 g/mol. The second kappa shape index (κ2) is 8.59. The molecule has 134 valence electrons. The zero-order chi connectivity index (χ0) is 18.6. The van der Waals surface area contributed by atoms with E-state index >= 15 is 0 Å². The number of carbonyl (C=O) groups is 2. The highest BCUT2D eigenvalue weighted by molar-refractivity contribution is 8.02. The lowest BCUT2D eigenvalue weighted by atomic mass is 10.2. The Morgan fingerprint density at radius 2 is 1.96 bits per heavy atom. The maximum atomic E-state index is 12.1. The Balaban J connectivity index is 2.07. The van der Waals surface area contributed by atoms with E-state index in [2.05, 4.69) is 15.7 Å². The van der Waals surface area contributed by atoms with E-state index in [0.717, 1.165) is 11.3 Å². The molecule has 1 atom stereocenters. The maximum Gasteiger partial charge on any atom is 0.321 e. The number of thioether (sulfide) groups is 1. The summed E-state index contributed by atoms with van der Waals surface area (Å²) < 4.78 is 3.00. The van der Waals surface area contributed by atoms with Crippen molar-refractivity contribution in [1.82, 2.24) is 20.4 Å². The van der Waals surface area contributed by atoms with Gasteiger partial charge in [0.2, 0.25) is 5.91 Å². The number of hydrogen-bond acceptors (Lipinski definition) is 6. The van der Waals surface area contributed by atoms with Gasteiger partial charge in [-0.2, -0.15) is 0 Å². The van der Waals surface area contributed by atoms with Gasteiger partial charge >= 0.3 is 6.03 Å². The fraction of sp³-hybridized carbons (Fsp3) is 0.375. The average Bonchev–Trinajstić information content (AvgIpc) is 2.87. The predicted octanol–water partition coefficient (Wildman–Crippen LogP) is 3.69. The van der Waals surface area contributed by atoms with Crippen molar-refractivity contribution in [3.63, 3.8) is 0 Å². The van der Waals surface area contributed by atoms with Crippen molar-refractivity contribution in [2.45, 2.75) is 43.3 Å². The summed E-state index contributed by atoms with van der Waals surface area (Å²) in [6.07, 6.45) is 0. The first-order valence-corrected chi connectivity index (χ1v) is 9.82. The Morgan fingerprint density at radius 3 is 2.60 bits per heavy atom. The summed E-state index contributed by atoms with van der Waals surface area (Å²) in [6, 6.07) is 7.30. The van der Waals surface area contributed by atoms with Gasteiger partial charge in [0, 0.05) is 6.04 Å². The molecule has 0 fully saturated rings. The molecule has 1 aromatic heterocycles. The topological polar surface area (TPSA) is 76.0 Å². The summed E-state index contributed by atoms with van der Waals surface area (Å²) in [5.74, 6) is -0.369. The molecule has 1 aromatic carbocycles. The maximum absolute atomic E-state index is 12.1. The predicted molar refractivity (Wildman–Crippen MR) is 104 cm³/mol. The average molecular weight is 397 g/mol. The smallest absolute Gasteiger partial charge is 0.321 e. The van der Waals surface area contributed by atoms with E-state index < -0.39 is 11.3 Å². The number of hydrogen-bond donors (Lipinski definition) is 2. The molecule has 2 rings (SSSR count). The van der Waals surface area contributed by atoms with E-state index in [-0.39, 0.29) is 11.9 Å². The molecule has 1 heterocycles. The number of aryl methyl sites for hydroxylation is 1. The van der Waals surface area contributed by atoms with Crippen molar-refractivity contribution in [1.29, 1.82) is 0 Å². The fourth-order valence-electron chi connectivity index (χ4n) is 1.98.